The largest absolute Gasteiger partial charge is 0.354 e. The molecule has 0 atom stereocenters. The number of para-hydroxylation sites is 1. The van der Waals surface area contributed by atoms with E-state index in [4.69, 9.17) is 23.2 Å². The zero-order valence-corrected chi connectivity index (χ0v) is 12.3. The van der Waals surface area contributed by atoms with E-state index in [0.717, 1.165) is 25.5 Å². The molecule has 2 N–H and O–H groups in total. The maximum atomic E-state index is 9.43. The smallest absolute Gasteiger partial charge is 0.209 e. The molecular weight excluding hydrogens is 287 g/mol. The second-order valence-electron chi connectivity index (χ2n) is 3.95. The number of halogens is 2. The van der Waals surface area contributed by atoms with Crippen molar-refractivity contribution in [2.24, 2.45) is 4.99 Å². The zero-order valence-electron chi connectivity index (χ0n) is 10.8. The summed E-state index contributed by atoms with van der Waals surface area (Å²) in [5.74, 6) is 0.722. The van der Waals surface area contributed by atoms with Crippen LogP contribution in [0.15, 0.2) is 23.2 Å². The number of guanidine groups is 1. The van der Waals surface area contributed by atoms with Crippen LogP contribution in [0, 0.1) is 0 Å². The van der Waals surface area contributed by atoms with Crippen molar-refractivity contribution < 1.29 is 4.79 Å². The number of hydrogen-bond donors (Lipinski definition) is 2. The second kappa shape index (κ2) is 7.86. The van der Waals surface area contributed by atoms with E-state index in [1.165, 1.54) is 4.90 Å². The van der Waals surface area contributed by atoms with Crippen LogP contribution in [-0.2, 0) is 4.79 Å². The molecule has 5 nitrogen and oxygen atoms in total. The number of rotatable bonds is 2. The zero-order chi connectivity index (χ0) is 14.3. The number of nitrogens with zero attached hydrogens (tertiary/aromatic N) is 2. The Morgan fingerprint density at radius 2 is 1.95 bits per heavy atom. The van der Waals surface area contributed by atoms with Crippen LogP contribution in [0.4, 0.5) is 5.69 Å². The van der Waals surface area contributed by atoms with Gasteiger partial charge in [0.15, 0.2) is 5.96 Å². The van der Waals surface area contributed by atoms with E-state index in [9.17, 15) is 4.79 Å². The SMILES string of the molecule is CN(C)C=O.Clc1cccc(Cl)c1NC1=NCCN1. The highest BCUT2D eigenvalue weighted by atomic mass is 35.5. The summed E-state index contributed by atoms with van der Waals surface area (Å²) in [6, 6.07) is 5.37. The van der Waals surface area contributed by atoms with Gasteiger partial charge in [-0.2, -0.15) is 0 Å². The fourth-order valence-electron chi connectivity index (χ4n) is 1.22. The molecular formula is C12H16Cl2N4O. The van der Waals surface area contributed by atoms with Crippen molar-refractivity contribution in [1.82, 2.24) is 10.2 Å². The number of amides is 1. The van der Waals surface area contributed by atoms with Crippen LogP contribution in [0.3, 0.4) is 0 Å². The van der Waals surface area contributed by atoms with Crippen molar-refractivity contribution in [2.45, 2.75) is 0 Å². The van der Waals surface area contributed by atoms with Crippen molar-refractivity contribution in [3.63, 3.8) is 0 Å². The molecule has 0 aromatic heterocycles. The summed E-state index contributed by atoms with van der Waals surface area (Å²) < 4.78 is 0. The van der Waals surface area contributed by atoms with Crippen LogP contribution >= 0.6 is 23.2 Å². The molecule has 0 bridgehead atoms. The number of nitrogens with one attached hydrogen (secondary N) is 2. The lowest BCUT2D eigenvalue weighted by molar-refractivity contribution is -0.115. The molecule has 19 heavy (non-hydrogen) atoms. The number of hydrogen-bond acceptors (Lipinski definition) is 4. The Balaban J connectivity index is 0.000000312. The Labute approximate surface area is 122 Å². The lowest BCUT2D eigenvalue weighted by Crippen LogP contribution is -2.26. The summed E-state index contributed by atoms with van der Waals surface area (Å²) in [7, 11) is 3.38. The molecule has 0 fully saturated rings. The number of aliphatic imine (C=N–C) groups is 1. The summed E-state index contributed by atoms with van der Waals surface area (Å²) in [6.45, 7) is 1.63. The molecule has 0 saturated carbocycles. The summed E-state index contributed by atoms with van der Waals surface area (Å²) >= 11 is 12.0. The Bertz CT molecular complexity index is 443. The molecule has 2 rings (SSSR count). The third-order valence-corrected chi connectivity index (χ3v) is 2.72. The van der Waals surface area contributed by atoms with Gasteiger partial charge in [0.05, 0.1) is 22.3 Å². The van der Waals surface area contributed by atoms with Crippen LogP contribution in [0.5, 0.6) is 0 Å². The number of carbonyl (C=O) groups is 1. The van der Waals surface area contributed by atoms with E-state index in [0.29, 0.717) is 15.7 Å². The molecule has 0 aliphatic carbocycles. The Kier molecular flexibility index (Phi) is 6.45. The van der Waals surface area contributed by atoms with Gasteiger partial charge in [0.2, 0.25) is 6.41 Å². The number of carbonyl (C=O) groups excluding carboxylic acids is 1. The molecule has 1 aliphatic rings. The van der Waals surface area contributed by atoms with E-state index in [2.05, 4.69) is 15.6 Å². The van der Waals surface area contributed by atoms with Crippen LogP contribution in [0.25, 0.3) is 0 Å². The normalized spacial score (nSPS) is 12.7. The van der Waals surface area contributed by atoms with Crippen LogP contribution < -0.4 is 10.6 Å². The molecule has 1 aliphatic heterocycles. The van der Waals surface area contributed by atoms with Crippen LogP contribution in [0.2, 0.25) is 10.0 Å². The fraction of sp³-hybridized carbons (Fsp3) is 0.333. The highest BCUT2D eigenvalue weighted by molar-refractivity contribution is 6.39. The first-order valence-electron chi connectivity index (χ1n) is 5.65. The van der Waals surface area contributed by atoms with Crippen molar-refractivity contribution in [2.75, 3.05) is 32.5 Å². The minimum Gasteiger partial charge on any atom is -0.354 e. The standard InChI is InChI=1S/C9H9Cl2N3.C3H7NO/c10-6-2-1-3-7(11)8(6)14-9-12-4-5-13-9;1-4(2)3-5/h1-3H,4-5H2,(H2,12,13,14);3H,1-2H3. The van der Waals surface area contributed by atoms with Gasteiger partial charge in [-0.3, -0.25) is 9.79 Å². The summed E-state index contributed by atoms with van der Waals surface area (Å²) in [6.07, 6.45) is 0.750. The quantitative estimate of drug-likeness (QED) is 0.822. The average molecular weight is 303 g/mol. The molecule has 0 unspecified atom stereocenters. The first-order valence-corrected chi connectivity index (χ1v) is 6.41. The van der Waals surface area contributed by atoms with Gasteiger partial charge in [0.25, 0.3) is 0 Å². The van der Waals surface area contributed by atoms with Crippen molar-refractivity contribution in [3.8, 4) is 0 Å². The molecule has 104 valence electrons. The fourth-order valence-corrected chi connectivity index (χ4v) is 1.71. The number of anilines is 1. The lowest BCUT2D eigenvalue weighted by atomic mass is 10.3. The summed E-state index contributed by atoms with van der Waals surface area (Å²) in [5, 5.41) is 7.32. The molecule has 0 spiro atoms. The molecule has 1 aromatic carbocycles. The minimum absolute atomic E-state index is 0.592. The van der Waals surface area contributed by atoms with E-state index in [1.54, 1.807) is 32.3 Å². The molecule has 1 amide bonds. The van der Waals surface area contributed by atoms with Gasteiger partial charge in [-0.25, -0.2) is 0 Å². The van der Waals surface area contributed by atoms with Gasteiger partial charge >= 0.3 is 0 Å². The highest BCUT2D eigenvalue weighted by Crippen LogP contribution is 2.29. The van der Waals surface area contributed by atoms with Gasteiger partial charge in [0.1, 0.15) is 0 Å². The first-order chi connectivity index (χ1) is 9.04. The van der Waals surface area contributed by atoms with Crippen molar-refractivity contribution in [1.29, 1.82) is 0 Å². The third kappa shape index (κ3) is 5.36. The molecule has 1 aromatic rings. The number of benzene rings is 1. The van der Waals surface area contributed by atoms with Crippen LogP contribution in [-0.4, -0.2) is 44.5 Å². The summed E-state index contributed by atoms with van der Waals surface area (Å²) in [4.78, 5) is 15.1. The molecule has 0 radical (unpaired) electrons. The van der Waals surface area contributed by atoms with Crippen molar-refractivity contribution >= 4 is 41.3 Å². The molecule has 1 heterocycles. The third-order valence-electron chi connectivity index (χ3n) is 2.09. The second-order valence-corrected chi connectivity index (χ2v) is 4.76. The van der Waals surface area contributed by atoms with Gasteiger partial charge in [0, 0.05) is 20.6 Å². The first kappa shape index (κ1) is 15.6. The lowest BCUT2D eigenvalue weighted by Gasteiger charge is -2.09. The Morgan fingerprint density at radius 3 is 2.37 bits per heavy atom. The summed E-state index contributed by atoms with van der Waals surface area (Å²) in [5.41, 5.74) is 0.698. The predicted octanol–water partition coefficient (Wildman–Crippen LogP) is 2.07. The Morgan fingerprint density at radius 1 is 1.37 bits per heavy atom. The van der Waals surface area contributed by atoms with Gasteiger partial charge in [-0.15, -0.1) is 0 Å². The van der Waals surface area contributed by atoms with Gasteiger partial charge in [-0.05, 0) is 12.1 Å². The van der Waals surface area contributed by atoms with Crippen LogP contribution in [0.1, 0.15) is 0 Å². The van der Waals surface area contributed by atoms with Gasteiger partial charge < -0.3 is 15.5 Å². The van der Waals surface area contributed by atoms with E-state index >= 15 is 0 Å². The average Bonchev–Trinajstić information content (AvgIpc) is 2.88. The van der Waals surface area contributed by atoms with E-state index in [1.807, 2.05) is 0 Å². The monoisotopic (exact) mass is 302 g/mol. The minimum atomic E-state index is 0.592. The maximum absolute atomic E-state index is 9.43. The van der Waals surface area contributed by atoms with E-state index < -0.39 is 0 Å². The molecule has 7 heteroatoms. The van der Waals surface area contributed by atoms with Gasteiger partial charge in [-0.1, -0.05) is 29.3 Å². The predicted molar refractivity (Wildman–Crippen MR) is 80.1 cm³/mol. The molecule has 0 saturated heterocycles. The van der Waals surface area contributed by atoms with Crippen molar-refractivity contribution in [3.05, 3.63) is 28.2 Å². The highest BCUT2D eigenvalue weighted by Gasteiger charge is 2.09. The Hall–Kier alpha value is -1.46. The topological polar surface area (TPSA) is 56.7 Å². The maximum Gasteiger partial charge on any atom is 0.209 e. The van der Waals surface area contributed by atoms with E-state index in [-0.39, 0.29) is 0 Å².